The van der Waals surface area contributed by atoms with Gasteiger partial charge < -0.3 is 19.9 Å². The molecule has 0 fully saturated rings. The Morgan fingerprint density at radius 1 is 1.06 bits per heavy atom. The van der Waals surface area contributed by atoms with Crippen molar-refractivity contribution in [2.24, 2.45) is 0 Å². The van der Waals surface area contributed by atoms with Gasteiger partial charge in [-0.1, -0.05) is 30.3 Å². The first-order valence-corrected chi connectivity index (χ1v) is 10.8. The van der Waals surface area contributed by atoms with Crippen LogP contribution in [0, 0.1) is 5.82 Å². The number of para-hydroxylation sites is 1. The molecule has 5 nitrogen and oxygen atoms in total. The summed E-state index contributed by atoms with van der Waals surface area (Å²) in [6.07, 6.45) is 0.990. The van der Waals surface area contributed by atoms with Crippen molar-refractivity contribution in [3.8, 4) is 5.75 Å². The fraction of sp³-hybridized carbons (Fsp3) is 0.269. The molecule has 0 bridgehead atoms. The van der Waals surface area contributed by atoms with Crippen molar-refractivity contribution < 1.29 is 13.9 Å². The van der Waals surface area contributed by atoms with Gasteiger partial charge >= 0.3 is 0 Å². The number of nitrogens with one attached hydrogen (secondary N) is 1. The van der Waals surface area contributed by atoms with Gasteiger partial charge in [0, 0.05) is 38.6 Å². The number of halogens is 1. The van der Waals surface area contributed by atoms with Crippen LogP contribution in [0.1, 0.15) is 17.2 Å². The molecule has 0 saturated heterocycles. The third-order valence-corrected chi connectivity index (χ3v) is 5.77. The lowest BCUT2D eigenvalue weighted by Gasteiger charge is -2.31. The Morgan fingerprint density at radius 2 is 1.78 bits per heavy atom. The maximum atomic E-state index is 13.0. The Bertz CT molecular complexity index is 1050. The highest BCUT2D eigenvalue weighted by Gasteiger charge is 2.27. The first-order valence-electron chi connectivity index (χ1n) is 10.8. The summed E-state index contributed by atoms with van der Waals surface area (Å²) in [5.41, 5.74) is 4.82. The van der Waals surface area contributed by atoms with E-state index in [2.05, 4.69) is 63.6 Å². The van der Waals surface area contributed by atoms with Crippen LogP contribution in [0.3, 0.4) is 0 Å². The maximum absolute atomic E-state index is 13.0. The third-order valence-electron chi connectivity index (χ3n) is 5.77. The zero-order chi connectivity index (χ0) is 22.5. The van der Waals surface area contributed by atoms with Crippen LogP contribution in [0.25, 0.3) is 0 Å². The molecule has 1 heterocycles. The largest absolute Gasteiger partial charge is 0.484 e. The molecule has 1 aliphatic rings. The number of rotatable bonds is 8. The monoisotopic (exact) mass is 433 g/mol. The van der Waals surface area contributed by atoms with Crippen LogP contribution >= 0.6 is 0 Å². The smallest absolute Gasteiger partial charge is 0.258 e. The van der Waals surface area contributed by atoms with E-state index in [-0.39, 0.29) is 24.4 Å². The average Bonchev–Trinajstić information content (AvgIpc) is 3.23. The van der Waals surface area contributed by atoms with Crippen molar-refractivity contribution in [2.45, 2.75) is 12.5 Å². The lowest BCUT2D eigenvalue weighted by atomic mass is 10.0. The highest BCUT2D eigenvalue weighted by atomic mass is 19.1. The van der Waals surface area contributed by atoms with E-state index in [1.807, 2.05) is 14.1 Å². The summed E-state index contributed by atoms with van der Waals surface area (Å²) in [7, 11) is 4.04. The van der Waals surface area contributed by atoms with E-state index in [1.165, 1.54) is 35.5 Å². The first-order chi connectivity index (χ1) is 15.5. The molecule has 0 aliphatic carbocycles. The SMILES string of the molecule is CN(C)c1ccc(C(CNC(=O)COc2ccc(F)cc2)N2CCc3ccccc32)cc1. The number of nitrogens with zero attached hydrogens (tertiary/aromatic N) is 2. The average molecular weight is 434 g/mol. The molecule has 0 radical (unpaired) electrons. The zero-order valence-electron chi connectivity index (χ0n) is 18.4. The number of benzene rings is 3. The topological polar surface area (TPSA) is 44.8 Å². The Labute approximate surface area is 188 Å². The summed E-state index contributed by atoms with van der Waals surface area (Å²) in [6.45, 7) is 1.25. The van der Waals surface area contributed by atoms with Crippen molar-refractivity contribution >= 4 is 17.3 Å². The Balaban J connectivity index is 1.47. The number of amides is 1. The van der Waals surface area contributed by atoms with E-state index in [1.54, 1.807) is 0 Å². The highest BCUT2D eigenvalue weighted by Crippen LogP contribution is 2.35. The van der Waals surface area contributed by atoms with Crippen LogP contribution in [0.15, 0.2) is 72.8 Å². The molecule has 0 saturated carbocycles. The van der Waals surface area contributed by atoms with Crippen molar-refractivity contribution in [1.82, 2.24) is 5.32 Å². The van der Waals surface area contributed by atoms with Crippen molar-refractivity contribution in [3.63, 3.8) is 0 Å². The molecule has 166 valence electrons. The minimum atomic E-state index is -0.337. The first kappa shape index (κ1) is 21.7. The van der Waals surface area contributed by atoms with Gasteiger partial charge in [-0.05, 0) is 60.0 Å². The molecular formula is C26H28FN3O2. The van der Waals surface area contributed by atoms with Crippen LogP contribution in [0.2, 0.25) is 0 Å². The molecule has 6 heteroatoms. The molecule has 0 aromatic heterocycles. The molecule has 1 amide bonds. The summed E-state index contributed by atoms with van der Waals surface area (Å²) in [6, 6.07) is 22.5. The number of hydrogen-bond donors (Lipinski definition) is 1. The fourth-order valence-electron chi connectivity index (χ4n) is 4.03. The van der Waals surface area contributed by atoms with E-state index in [0.717, 1.165) is 24.2 Å². The van der Waals surface area contributed by atoms with Crippen molar-refractivity contribution in [2.75, 3.05) is 43.6 Å². The summed E-state index contributed by atoms with van der Waals surface area (Å²) in [4.78, 5) is 16.9. The van der Waals surface area contributed by atoms with Gasteiger partial charge in [0.1, 0.15) is 11.6 Å². The van der Waals surface area contributed by atoms with Gasteiger partial charge in [-0.25, -0.2) is 4.39 Å². The fourth-order valence-corrected chi connectivity index (χ4v) is 4.03. The number of carbonyl (C=O) groups excluding carboxylic acids is 1. The standard InChI is InChI=1S/C26H28FN3O2/c1-29(2)22-11-7-20(8-12-22)25(30-16-15-19-5-3-4-6-24(19)30)17-28-26(31)18-32-23-13-9-21(27)10-14-23/h3-14,25H,15-18H2,1-2H3,(H,28,31). The van der Waals surface area contributed by atoms with Gasteiger partial charge in [0.2, 0.25) is 0 Å². The molecule has 1 atom stereocenters. The summed E-state index contributed by atoms with van der Waals surface area (Å²) >= 11 is 0. The second kappa shape index (κ2) is 9.73. The minimum absolute atomic E-state index is 0.00429. The van der Waals surface area contributed by atoms with Gasteiger partial charge in [-0.15, -0.1) is 0 Å². The lowest BCUT2D eigenvalue weighted by molar-refractivity contribution is -0.123. The van der Waals surface area contributed by atoms with Crippen molar-refractivity contribution in [3.05, 3.63) is 89.7 Å². The normalized spacial score (nSPS) is 13.4. The zero-order valence-corrected chi connectivity index (χ0v) is 18.4. The second-order valence-electron chi connectivity index (χ2n) is 8.12. The van der Waals surface area contributed by atoms with E-state index in [9.17, 15) is 9.18 Å². The lowest BCUT2D eigenvalue weighted by Crippen LogP contribution is -2.39. The van der Waals surface area contributed by atoms with Crippen LogP contribution in [-0.4, -0.2) is 39.7 Å². The molecule has 32 heavy (non-hydrogen) atoms. The van der Waals surface area contributed by atoms with Crippen LogP contribution in [-0.2, 0) is 11.2 Å². The van der Waals surface area contributed by atoms with E-state index in [0.29, 0.717) is 12.3 Å². The van der Waals surface area contributed by atoms with E-state index < -0.39 is 0 Å². The summed E-state index contributed by atoms with van der Waals surface area (Å²) in [5, 5.41) is 3.02. The molecule has 1 N–H and O–H groups in total. The molecular weight excluding hydrogens is 405 g/mol. The van der Waals surface area contributed by atoms with Gasteiger partial charge in [-0.2, -0.15) is 0 Å². The van der Waals surface area contributed by atoms with Gasteiger partial charge in [0.15, 0.2) is 6.61 Å². The number of hydrogen-bond acceptors (Lipinski definition) is 4. The van der Waals surface area contributed by atoms with Crippen LogP contribution in [0.4, 0.5) is 15.8 Å². The Morgan fingerprint density at radius 3 is 2.50 bits per heavy atom. The number of ether oxygens (including phenoxy) is 1. The third kappa shape index (κ3) is 5.02. The van der Waals surface area contributed by atoms with Crippen LogP contribution in [0.5, 0.6) is 5.75 Å². The summed E-state index contributed by atoms with van der Waals surface area (Å²) < 4.78 is 18.5. The van der Waals surface area contributed by atoms with Gasteiger partial charge in [0.05, 0.1) is 6.04 Å². The second-order valence-corrected chi connectivity index (χ2v) is 8.12. The van der Waals surface area contributed by atoms with Gasteiger partial charge in [-0.3, -0.25) is 4.79 Å². The molecule has 3 aromatic rings. The van der Waals surface area contributed by atoms with Crippen molar-refractivity contribution in [1.29, 1.82) is 0 Å². The quantitative estimate of drug-likeness (QED) is 0.579. The highest BCUT2D eigenvalue weighted by molar-refractivity contribution is 5.77. The molecule has 0 spiro atoms. The molecule has 1 unspecified atom stereocenters. The van der Waals surface area contributed by atoms with Crippen LogP contribution < -0.4 is 19.9 Å². The predicted octanol–water partition coefficient (Wildman–Crippen LogP) is 4.19. The predicted molar refractivity (Wildman–Crippen MR) is 126 cm³/mol. The Hall–Kier alpha value is -3.54. The minimum Gasteiger partial charge on any atom is -0.484 e. The summed E-state index contributed by atoms with van der Waals surface area (Å²) in [5.74, 6) is -0.0848. The number of anilines is 2. The molecule has 1 aliphatic heterocycles. The maximum Gasteiger partial charge on any atom is 0.258 e. The number of carbonyl (C=O) groups is 1. The molecule has 4 rings (SSSR count). The van der Waals surface area contributed by atoms with Gasteiger partial charge in [0.25, 0.3) is 5.91 Å². The van der Waals surface area contributed by atoms with E-state index in [4.69, 9.17) is 4.74 Å². The van der Waals surface area contributed by atoms with E-state index >= 15 is 0 Å². The number of fused-ring (bicyclic) bond motifs is 1. The Kier molecular flexibility index (Phi) is 6.59. The molecule has 3 aromatic carbocycles.